The predicted octanol–water partition coefficient (Wildman–Crippen LogP) is 1.69. The molecule has 0 aromatic carbocycles. The zero-order chi connectivity index (χ0) is 17.5. The maximum Gasteiger partial charge on any atom is 0.335 e. The van der Waals surface area contributed by atoms with Crippen LogP contribution in [0.3, 0.4) is 0 Å². The molecule has 3 unspecified atom stereocenters. The Bertz CT molecular complexity index is 540. The third-order valence-corrected chi connectivity index (χ3v) is 5.65. The lowest BCUT2D eigenvalue weighted by Crippen LogP contribution is -2.58. The molecule has 0 heterocycles. The summed E-state index contributed by atoms with van der Waals surface area (Å²) in [6, 6.07) is 0. The third kappa shape index (κ3) is 3.35. The van der Waals surface area contributed by atoms with Crippen LogP contribution < -0.4 is 0 Å². The number of carbonyl (C=O) groups excluding carboxylic acids is 2. The molecule has 0 radical (unpaired) electrons. The van der Waals surface area contributed by atoms with E-state index in [9.17, 15) is 19.8 Å². The highest BCUT2D eigenvalue weighted by molar-refractivity contribution is 5.87. The number of aliphatic hydroxyl groups is 2. The number of hydrogen-bond donors (Lipinski definition) is 2. The summed E-state index contributed by atoms with van der Waals surface area (Å²) in [7, 11) is 0. The summed E-state index contributed by atoms with van der Waals surface area (Å²) in [5.74, 6) is -0.137. The number of rotatable bonds is 6. The van der Waals surface area contributed by atoms with Crippen molar-refractivity contribution in [3.05, 3.63) is 12.2 Å². The van der Waals surface area contributed by atoms with E-state index < -0.39 is 23.3 Å². The van der Waals surface area contributed by atoms with Crippen LogP contribution in [0, 0.1) is 17.3 Å². The van der Waals surface area contributed by atoms with Crippen molar-refractivity contribution in [2.45, 2.75) is 63.8 Å². The van der Waals surface area contributed by atoms with Crippen molar-refractivity contribution in [1.82, 2.24) is 0 Å². The normalized spacial score (nSPS) is 37.8. The van der Waals surface area contributed by atoms with Gasteiger partial charge in [0.1, 0.15) is 0 Å². The minimum Gasteiger partial charge on any atom is -0.465 e. The third-order valence-electron chi connectivity index (χ3n) is 5.65. The Kier molecular flexibility index (Phi) is 4.47. The molecule has 6 nitrogen and oxygen atoms in total. The average Bonchev–Trinajstić information content (AvgIpc) is 2.44. The summed E-state index contributed by atoms with van der Waals surface area (Å²) in [4.78, 5) is 23.9. The zero-order valence-corrected chi connectivity index (χ0v) is 14.1. The summed E-state index contributed by atoms with van der Waals surface area (Å²) in [5, 5.41) is 20.3. The van der Waals surface area contributed by atoms with Gasteiger partial charge >= 0.3 is 11.9 Å². The van der Waals surface area contributed by atoms with Crippen LogP contribution in [0.2, 0.25) is 0 Å². The van der Waals surface area contributed by atoms with Crippen LogP contribution in [0.15, 0.2) is 12.2 Å². The standard InChI is InChI=1S/C18H26O6/c1-11(2)15(20)24-14(19)3-4-23-16(21)17-6-12-5-13(7-17)9-18(22,8-12)10-17/h12-14,19,22H,1,3-10H2,2H3. The van der Waals surface area contributed by atoms with Gasteiger partial charge in [-0.25, -0.2) is 4.79 Å². The molecule has 4 aliphatic rings. The maximum absolute atomic E-state index is 12.6. The van der Waals surface area contributed by atoms with Crippen LogP contribution in [-0.4, -0.2) is 40.6 Å². The molecule has 0 aliphatic heterocycles. The van der Waals surface area contributed by atoms with Crippen molar-refractivity contribution in [2.24, 2.45) is 17.3 Å². The molecule has 6 heteroatoms. The SMILES string of the molecule is C=C(C)C(=O)OC(O)CCOC(=O)C12CC3CC(CC(O)(C3)C1)C2. The van der Waals surface area contributed by atoms with E-state index >= 15 is 0 Å². The zero-order valence-electron chi connectivity index (χ0n) is 14.1. The van der Waals surface area contributed by atoms with Gasteiger partial charge in [0.15, 0.2) is 0 Å². The Hall–Kier alpha value is -1.40. The summed E-state index contributed by atoms with van der Waals surface area (Å²) < 4.78 is 10.1. The highest BCUT2D eigenvalue weighted by Crippen LogP contribution is 2.61. The highest BCUT2D eigenvalue weighted by Gasteiger charge is 2.60. The molecule has 134 valence electrons. The molecule has 0 aromatic rings. The van der Waals surface area contributed by atoms with Gasteiger partial charge in [-0.05, 0) is 57.3 Å². The minimum absolute atomic E-state index is 0.0149. The Labute approximate surface area is 141 Å². The fourth-order valence-corrected chi connectivity index (χ4v) is 5.14. The molecule has 0 saturated heterocycles. The summed E-state index contributed by atoms with van der Waals surface area (Å²) in [5.41, 5.74) is -1.08. The molecule has 4 rings (SSSR count). The number of carbonyl (C=O) groups is 2. The average molecular weight is 338 g/mol. The van der Waals surface area contributed by atoms with Crippen LogP contribution in [0.1, 0.15) is 51.9 Å². The van der Waals surface area contributed by atoms with Gasteiger partial charge in [-0.15, -0.1) is 0 Å². The molecule has 0 aromatic heterocycles. The first-order chi connectivity index (χ1) is 11.2. The van der Waals surface area contributed by atoms with Gasteiger partial charge in [0, 0.05) is 12.0 Å². The minimum atomic E-state index is -1.32. The Morgan fingerprint density at radius 2 is 1.88 bits per heavy atom. The lowest BCUT2D eigenvalue weighted by molar-refractivity contribution is -0.198. The molecule has 4 saturated carbocycles. The molecule has 4 bridgehead atoms. The van der Waals surface area contributed by atoms with Crippen LogP contribution >= 0.6 is 0 Å². The Morgan fingerprint density at radius 1 is 1.25 bits per heavy atom. The summed E-state index contributed by atoms with van der Waals surface area (Å²) in [6.07, 6.45) is 3.48. The van der Waals surface area contributed by atoms with Gasteiger partial charge in [0.25, 0.3) is 0 Å². The largest absolute Gasteiger partial charge is 0.465 e. The van der Waals surface area contributed by atoms with Crippen molar-refractivity contribution < 1.29 is 29.3 Å². The molecular formula is C18H26O6. The molecule has 0 amide bonds. The van der Waals surface area contributed by atoms with Gasteiger partial charge in [0.05, 0.1) is 17.6 Å². The Balaban J connectivity index is 1.51. The van der Waals surface area contributed by atoms with Crippen molar-refractivity contribution >= 4 is 11.9 Å². The molecule has 4 fully saturated rings. The fourth-order valence-electron chi connectivity index (χ4n) is 5.14. The first-order valence-corrected chi connectivity index (χ1v) is 8.66. The van der Waals surface area contributed by atoms with E-state index in [4.69, 9.17) is 9.47 Å². The second-order valence-corrected chi connectivity index (χ2v) is 8.03. The van der Waals surface area contributed by atoms with Gasteiger partial charge < -0.3 is 19.7 Å². The summed E-state index contributed by atoms with van der Waals surface area (Å²) in [6.45, 7) is 4.91. The lowest BCUT2D eigenvalue weighted by Gasteiger charge is -2.58. The van der Waals surface area contributed by atoms with E-state index in [1.807, 2.05) is 0 Å². The Morgan fingerprint density at radius 3 is 2.42 bits per heavy atom. The van der Waals surface area contributed by atoms with Crippen molar-refractivity contribution in [3.63, 3.8) is 0 Å². The molecule has 2 N–H and O–H groups in total. The molecule has 4 aliphatic carbocycles. The summed E-state index contributed by atoms with van der Waals surface area (Å²) >= 11 is 0. The topological polar surface area (TPSA) is 93.1 Å². The predicted molar refractivity (Wildman–Crippen MR) is 84.6 cm³/mol. The first kappa shape index (κ1) is 17.4. The molecule has 3 atom stereocenters. The van der Waals surface area contributed by atoms with E-state index in [0.29, 0.717) is 18.3 Å². The number of hydrogen-bond acceptors (Lipinski definition) is 6. The number of esters is 2. The lowest BCUT2D eigenvalue weighted by atomic mass is 9.48. The highest BCUT2D eigenvalue weighted by atomic mass is 16.6. The second-order valence-electron chi connectivity index (χ2n) is 8.03. The van der Waals surface area contributed by atoms with Gasteiger partial charge in [-0.3, -0.25) is 4.79 Å². The van der Waals surface area contributed by atoms with Crippen LogP contribution in [0.5, 0.6) is 0 Å². The second kappa shape index (κ2) is 6.15. The van der Waals surface area contributed by atoms with E-state index in [2.05, 4.69) is 6.58 Å². The molecular weight excluding hydrogens is 312 g/mol. The van der Waals surface area contributed by atoms with Gasteiger partial charge in [-0.2, -0.15) is 0 Å². The van der Waals surface area contributed by atoms with Crippen molar-refractivity contribution in [1.29, 1.82) is 0 Å². The maximum atomic E-state index is 12.6. The van der Waals surface area contributed by atoms with Crippen molar-refractivity contribution in [2.75, 3.05) is 6.61 Å². The quantitative estimate of drug-likeness (QED) is 0.435. The van der Waals surface area contributed by atoms with E-state index in [1.165, 1.54) is 6.92 Å². The van der Waals surface area contributed by atoms with Gasteiger partial charge in [-0.1, -0.05) is 6.58 Å². The van der Waals surface area contributed by atoms with Crippen LogP contribution in [0.25, 0.3) is 0 Å². The number of aliphatic hydroxyl groups excluding tert-OH is 1. The molecule has 24 heavy (non-hydrogen) atoms. The van der Waals surface area contributed by atoms with Crippen LogP contribution in [0.4, 0.5) is 0 Å². The van der Waals surface area contributed by atoms with Crippen molar-refractivity contribution in [3.8, 4) is 0 Å². The monoisotopic (exact) mass is 338 g/mol. The van der Waals surface area contributed by atoms with E-state index in [-0.39, 0.29) is 24.6 Å². The van der Waals surface area contributed by atoms with Gasteiger partial charge in [0.2, 0.25) is 6.29 Å². The fraction of sp³-hybridized carbons (Fsp3) is 0.778. The van der Waals surface area contributed by atoms with E-state index in [1.54, 1.807) is 0 Å². The first-order valence-electron chi connectivity index (χ1n) is 8.66. The molecule has 0 spiro atoms. The van der Waals surface area contributed by atoms with Crippen LogP contribution in [-0.2, 0) is 19.1 Å². The van der Waals surface area contributed by atoms with E-state index in [0.717, 1.165) is 32.1 Å². The smallest absolute Gasteiger partial charge is 0.335 e. The number of ether oxygens (including phenoxy) is 2.